The summed E-state index contributed by atoms with van der Waals surface area (Å²) < 4.78 is 0. The lowest BCUT2D eigenvalue weighted by Gasteiger charge is -2.30. The van der Waals surface area contributed by atoms with Gasteiger partial charge in [0.05, 0.1) is 11.0 Å². The van der Waals surface area contributed by atoms with E-state index in [0.717, 1.165) is 18.4 Å². The standard InChI is InChI=1S/C16H21ClN2OS/c1-10-7-12(9-13(17)8-10)16(20)19-14(15(18)21)11-5-3-2-4-6-11/h7-9,11,14H,2-6H2,1H3,(H2,18,21)(H,19,20). The van der Waals surface area contributed by atoms with Crippen molar-refractivity contribution in [3.63, 3.8) is 0 Å². The quantitative estimate of drug-likeness (QED) is 0.832. The largest absolute Gasteiger partial charge is 0.392 e. The predicted molar refractivity (Wildman–Crippen MR) is 90.8 cm³/mol. The van der Waals surface area contributed by atoms with E-state index in [1.807, 2.05) is 19.1 Å². The molecule has 0 aromatic heterocycles. The molecule has 0 aliphatic heterocycles. The van der Waals surface area contributed by atoms with Crippen LogP contribution in [0.1, 0.15) is 48.0 Å². The van der Waals surface area contributed by atoms with Crippen LogP contribution in [0.3, 0.4) is 0 Å². The summed E-state index contributed by atoms with van der Waals surface area (Å²) in [5.74, 6) is 0.185. The van der Waals surface area contributed by atoms with Crippen LogP contribution in [0, 0.1) is 12.8 Å². The third-order valence-corrected chi connectivity index (χ3v) is 4.49. The topological polar surface area (TPSA) is 55.1 Å². The van der Waals surface area contributed by atoms with Crippen molar-refractivity contribution in [2.75, 3.05) is 0 Å². The first-order valence-corrected chi connectivity index (χ1v) is 8.13. The molecule has 1 aliphatic carbocycles. The summed E-state index contributed by atoms with van der Waals surface area (Å²) in [6, 6.07) is 5.08. The van der Waals surface area contributed by atoms with Crippen LogP contribution in [-0.2, 0) is 0 Å². The molecule has 0 saturated heterocycles. The van der Waals surface area contributed by atoms with Gasteiger partial charge in [0.2, 0.25) is 0 Å². The van der Waals surface area contributed by atoms with Crippen molar-refractivity contribution in [1.29, 1.82) is 0 Å². The highest BCUT2D eigenvalue weighted by Crippen LogP contribution is 2.27. The zero-order valence-corrected chi connectivity index (χ0v) is 13.8. The third-order valence-electron chi connectivity index (χ3n) is 4.02. The number of rotatable bonds is 4. The molecule has 5 heteroatoms. The van der Waals surface area contributed by atoms with Gasteiger partial charge in [0.15, 0.2) is 0 Å². The van der Waals surface area contributed by atoms with Crippen molar-refractivity contribution in [2.24, 2.45) is 11.7 Å². The molecular formula is C16H21ClN2OS. The lowest BCUT2D eigenvalue weighted by molar-refractivity contribution is 0.0932. The number of nitrogens with two attached hydrogens (primary N) is 1. The Morgan fingerprint density at radius 1 is 1.33 bits per heavy atom. The van der Waals surface area contributed by atoms with Gasteiger partial charge in [-0.2, -0.15) is 0 Å². The smallest absolute Gasteiger partial charge is 0.251 e. The van der Waals surface area contributed by atoms with E-state index in [4.69, 9.17) is 29.6 Å². The molecule has 3 N–H and O–H groups in total. The summed E-state index contributed by atoms with van der Waals surface area (Å²) in [5, 5.41) is 3.55. The Morgan fingerprint density at radius 3 is 2.57 bits per heavy atom. The van der Waals surface area contributed by atoms with E-state index < -0.39 is 0 Å². The summed E-state index contributed by atoms with van der Waals surface area (Å²) in [6.45, 7) is 1.91. The second-order valence-corrected chi connectivity index (χ2v) is 6.68. The van der Waals surface area contributed by atoms with E-state index in [1.54, 1.807) is 6.07 Å². The van der Waals surface area contributed by atoms with Crippen molar-refractivity contribution in [3.05, 3.63) is 34.3 Å². The van der Waals surface area contributed by atoms with E-state index in [0.29, 0.717) is 21.5 Å². The first kappa shape index (κ1) is 16.2. The molecule has 114 valence electrons. The molecule has 1 fully saturated rings. The number of benzene rings is 1. The van der Waals surface area contributed by atoms with Gasteiger partial charge in [0.25, 0.3) is 5.91 Å². The van der Waals surface area contributed by atoms with E-state index in [9.17, 15) is 4.79 Å². The second-order valence-electron chi connectivity index (χ2n) is 5.77. The summed E-state index contributed by atoms with van der Waals surface area (Å²) in [5.41, 5.74) is 7.35. The van der Waals surface area contributed by atoms with E-state index in [1.165, 1.54) is 19.3 Å². The first-order chi connectivity index (χ1) is 9.97. The van der Waals surface area contributed by atoms with Crippen LogP contribution < -0.4 is 11.1 Å². The Bertz CT molecular complexity index is 521. The SMILES string of the molecule is Cc1cc(Cl)cc(C(=O)NC(C(N)=S)C2CCCCC2)c1. The zero-order chi connectivity index (χ0) is 15.4. The van der Waals surface area contributed by atoms with Gasteiger partial charge in [-0.1, -0.05) is 43.1 Å². The summed E-state index contributed by atoms with van der Waals surface area (Å²) in [4.78, 5) is 12.8. The Labute approximate surface area is 136 Å². The maximum Gasteiger partial charge on any atom is 0.251 e. The number of hydrogen-bond donors (Lipinski definition) is 2. The third kappa shape index (κ3) is 4.42. The molecule has 1 atom stereocenters. The molecule has 0 radical (unpaired) electrons. The van der Waals surface area contributed by atoms with E-state index in [-0.39, 0.29) is 11.9 Å². The molecule has 0 bridgehead atoms. The van der Waals surface area contributed by atoms with Gasteiger partial charge in [-0.05, 0) is 49.4 Å². The van der Waals surface area contributed by atoms with Crippen LogP contribution in [-0.4, -0.2) is 16.9 Å². The fourth-order valence-electron chi connectivity index (χ4n) is 2.98. The molecule has 1 aliphatic rings. The zero-order valence-electron chi connectivity index (χ0n) is 12.2. The second kappa shape index (κ2) is 7.23. The van der Waals surface area contributed by atoms with Crippen LogP contribution in [0.25, 0.3) is 0 Å². The molecule has 1 aromatic rings. The fraction of sp³-hybridized carbons (Fsp3) is 0.500. The number of aryl methyl sites for hydroxylation is 1. The summed E-state index contributed by atoms with van der Waals surface area (Å²) in [6.07, 6.45) is 5.74. The highest BCUT2D eigenvalue weighted by Gasteiger charge is 2.27. The lowest BCUT2D eigenvalue weighted by atomic mass is 9.83. The fourth-order valence-corrected chi connectivity index (χ4v) is 3.52. The maximum atomic E-state index is 12.4. The molecule has 1 unspecified atom stereocenters. The van der Waals surface area contributed by atoms with Gasteiger partial charge in [0.1, 0.15) is 0 Å². The Morgan fingerprint density at radius 2 is 2.00 bits per heavy atom. The normalized spacial score (nSPS) is 17.2. The van der Waals surface area contributed by atoms with Gasteiger partial charge in [-0.15, -0.1) is 0 Å². The van der Waals surface area contributed by atoms with Gasteiger partial charge >= 0.3 is 0 Å². The molecule has 3 nitrogen and oxygen atoms in total. The minimum Gasteiger partial charge on any atom is -0.392 e. The Balaban J connectivity index is 2.12. The highest BCUT2D eigenvalue weighted by molar-refractivity contribution is 7.80. The number of hydrogen-bond acceptors (Lipinski definition) is 2. The van der Waals surface area contributed by atoms with Crippen molar-refractivity contribution < 1.29 is 4.79 Å². The number of nitrogens with one attached hydrogen (secondary N) is 1. The number of carbonyl (C=O) groups excluding carboxylic acids is 1. The Kier molecular flexibility index (Phi) is 5.59. The minimum atomic E-state index is -0.230. The molecule has 1 aromatic carbocycles. The Hall–Kier alpha value is -1.13. The van der Waals surface area contributed by atoms with Crippen molar-refractivity contribution in [3.8, 4) is 0 Å². The number of amides is 1. The molecular weight excluding hydrogens is 304 g/mol. The van der Waals surface area contributed by atoms with Crippen LogP contribution >= 0.6 is 23.8 Å². The number of halogens is 1. The van der Waals surface area contributed by atoms with Gasteiger partial charge in [-0.3, -0.25) is 4.79 Å². The molecule has 0 heterocycles. The molecule has 21 heavy (non-hydrogen) atoms. The van der Waals surface area contributed by atoms with Gasteiger partial charge < -0.3 is 11.1 Å². The van der Waals surface area contributed by atoms with Crippen LogP contribution in [0.15, 0.2) is 18.2 Å². The van der Waals surface area contributed by atoms with Crippen LogP contribution in [0.2, 0.25) is 5.02 Å². The monoisotopic (exact) mass is 324 g/mol. The lowest BCUT2D eigenvalue weighted by Crippen LogP contribution is -2.48. The average Bonchev–Trinajstić information content (AvgIpc) is 2.44. The van der Waals surface area contributed by atoms with Gasteiger partial charge in [-0.25, -0.2) is 0 Å². The number of carbonyl (C=O) groups is 1. The minimum absolute atomic E-state index is 0.163. The average molecular weight is 325 g/mol. The summed E-state index contributed by atoms with van der Waals surface area (Å²) >= 11 is 11.2. The molecule has 1 amide bonds. The molecule has 1 saturated carbocycles. The maximum absolute atomic E-state index is 12.4. The van der Waals surface area contributed by atoms with Crippen LogP contribution in [0.4, 0.5) is 0 Å². The van der Waals surface area contributed by atoms with Crippen molar-refractivity contribution >= 4 is 34.7 Å². The predicted octanol–water partition coefficient (Wildman–Crippen LogP) is 3.61. The van der Waals surface area contributed by atoms with Crippen LogP contribution in [0.5, 0.6) is 0 Å². The summed E-state index contributed by atoms with van der Waals surface area (Å²) in [7, 11) is 0. The molecule has 2 rings (SSSR count). The molecule has 0 spiro atoms. The van der Waals surface area contributed by atoms with Gasteiger partial charge in [0, 0.05) is 10.6 Å². The highest BCUT2D eigenvalue weighted by atomic mass is 35.5. The first-order valence-electron chi connectivity index (χ1n) is 7.35. The van der Waals surface area contributed by atoms with E-state index >= 15 is 0 Å². The van der Waals surface area contributed by atoms with Crippen molar-refractivity contribution in [1.82, 2.24) is 5.32 Å². The number of thiocarbonyl (C=S) groups is 1. The van der Waals surface area contributed by atoms with Crippen molar-refractivity contribution in [2.45, 2.75) is 45.1 Å². The van der Waals surface area contributed by atoms with E-state index in [2.05, 4.69) is 5.32 Å².